The van der Waals surface area contributed by atoms with E-state index in [4.69, 9.17) is 15.4 Å². The summed E-state index contributed by atoms with van der Waals surface area (Å²) in [5.41, 5.74) is 4.49. The Hall–Kier alpha value is -2.55. The predicted octanol–water partition coefficient (Wildman–Crippen LogP) is 5.19. The van der Waals surface area contributed by atoms with Gasteiger partial charge in [-0.25, -0.2) is 16.2 Å². The Morgan fingerprint density at radius 2 is 1.72 bits per heavy atom. The van der Waals surface area contributed by atoms with Crippen molar-refractivity contribution >= 4 is 23.7 Å². The van der Waals surface area contributed by atoms with Gasteiger partial charge in [-0.3, -0.25) is 19.8 Å². The Bertz CT molecular complexity index is 941. The molecule has 0 bridgehead atoms. The van der Waals surface area contributed by atoms with E-state index in [1.165, 1.54) is 0 Å². The van der Waals surface area contributed by atoms with E-state index >= 15 is 0 Å². The molecule has 4 N–H and O–H groups in total. The van der Waals surface area contributed by atoms with Crippen LogP contribution in [0.3, 0.4) is 0 Å². The van der Waals surface area contributed by atoms with Gasteiger partial charge in [-0.05, 0) is 49.0 Å². The van der Waals surface area contributed by atoms with Gasteiger partial charge in [-0.1, -0.05) is 84.0 Å². The van der Waals surface area contributed by atoms with Crippen molar-refractivity contribution in [1.29, 1.82) is 0 Å². The molecule has 218 valence electrons. The van der Waals surface area contributed by atoms with Crippen LogP contribution in [0, 0.1) is 35.0 Å². The monoisotopic (exact) mass is 543 g/mol. The summed E-state index contributed by atoms with van der Waals surface area (Å²) in [5.74, 6) is 2.86. The van der Waals surface area contributed by atoms with Crippen LogP contribution in [0.1, 0.15) is 85.6 Å². The number of amides is 2. The molecule has 0 radical (unpaired) electrons. The summed E-state index contributed by atoms with van der Waals surface area (Å²) in [5, 5.41) is 0. The average molecular weight is 544 g/mol. The third-order valence-electron chi connectivity index (χ3n) is 7.10. The van der Waals surface area contributed by atoms with Crippen LogP contribution in [-0.2, 0) is 24.0 Å². The molecular formula is C31H49N3O5. The van der Waals surface area contributed by atoms with Crippen LogP contribution in [0.4, 0.5) is 0 Å². The standard InChI is InChI=1S/C31H49N3O5/c1-21(2)18-25(29(36)33-32)28(30(37)34-39-27-14-10-11-17-38-27)31(20-23(5)6,26(35)19-22(3)4)16-15-24-12-8-7-9-13-24/h7-9,12-13,15-16,21-23,25,27-28H,10-11,14,17-20,32H2,1-6H3,(H,33,36)(H,34,37)/b16-15+/t25-,27?,28-,31?/m1/s1. The van der Waals surface area contributed by atoms with Gasteiger partial charge in [-0.2, -0.15) is 0 Å². The number of Topliss-reactive ketones (excluding diaryl/α,β-unsaturated/α-hetero) is 1. The Labute approximate surface area is 234 Å². The van der Waals surface area contributed by atoms with E-state index in [1.54, 1.807) is 0 Å². The van der Waals surface area contributed by atoms with Crippen molar-refractivity contribution in [2.75, 3.05) is 6.61 Å². The van der Waals surface area contributed by atoms with Gasteiger partial charge < -0.3 is 4.74 Å². The van der Waals surface area contributed by atoms with Gasteiger partial charge in [0, 0.05) is 19.4 Å². The zero-order valence-corrected chi connectivity index (χ0v) is 24.6. The number of allylic oxidation sites excluding steroid dienone is 1. The van der Waals surface area contributed by atoms with Gasteiger partial charge in [0.05, 0.1) is 17.3 Å². The van der Waals surface area contributed by atoms with Crippen LogP contribution in [0.25, 0.3) is 6.08 Å². The first kappa shape index (κ1) is 32.7. The smallest absolute Gasteiger partial charge is 0.248 e. The van der Waals surface area contributed by atoms with Crippen molar-refractivity contribution in [2.24, 2.45) is 40.8 Å². The maximum atomic E-state index is 14.3. The fourth-order valence-electron chi connectivity index (χ4n) is 5.50. The molecule has 1 saturated heterocycles. The highest BCUT2D eigenvalue weighted by molar-refractivity contribution is 5.97. The molecule has 2 rings (SSSR count). The van der Waals surface area contributed by atoms with Crippen LogP contribution in [0.2, 0.25) is 0 Å². The van der Waals surface area contributed by atoms with E-state index in [1.807, 2.05) is 84.0 Å². The highest BCUT2D eigenvalue weighted by Crippen LogP contribution is 2.45. The van der Waals surface area contributed by atoms with Crippen molar-refractivity contribution in [3.8, 4) is 0 Å². The average Bonchev–Trinajstić information content (AvgIpc) is 2.89. The lowest BCUT2D eigenvalue weighted by Gasteiger charge is -2.42. The third-order valence-corrected chi connectivity index (χ3v) is 7.10. The summed E-state index contributed by atoms with van der Waals surface area (Å²) in [7, 11) is 0. The summed E-state index contributed by atoms with van der Waals surface area (Å²) >= 11 is 0. The molecular weight excluding hydrogens is 494 g/mol. The molecule has 8 nitrogen and oxygen atoms in total. The Morgan fingerprint density at radius 3 is 2.26 bits per heavy atom. The first-order chi connectivity index (χ1) is 18.5. The summed E-state index contributed by atoms with van der Waals surface area (Å²) in [6.07, 6.45) is 6.71. The Morgan fingerprint density at radius 1 is 1.03 bits per heavy atom. The van der Waals surface area contributed by atoms with Crippen molar-refractivity contribution < 1.29 is 24.0 Å². The minimum absolute atomic E-state index is 0.0556. The second-order valence-electron chi connectivity index (χ2n) is 12.0. The number of ketones is 1. The molecule has 0 spiro atoms. The number of hydrogen-bond acceptors (Lipinski definition) is 6. The van der Waals surface area contributed by atoms with E-state index in [0.717, 1.165) is 18.4 Å². The quantitative estimate of drug-likeness (QED) is 0.159. The number of hydroxylamine groups is 1. The zero-order valence-electron chi connectivity index (χ0n) is 24.6. The molecule has 4 atom stereocenters. The zero-order chi connectivity index (χ0) is 29.0. The van der Waals surface area contributed by atoms with Gasteiger partial charge >= 0.3 is 0 Å². The molecule has 0 aliphatic carbocycles. The third kappa shape index (κ3) is 9.85. The summed E-state index contributed by atoms with van der Waals surface area (Å²) < 4.78 is 5.64. The number of nitrogens with one attached hydrogen (secondary N) is 2. The molecule has 39 heavy (non-hydrogen) atoms. The van der Waals surface area contributed by atoms with E-state index in [2.05, 4.69) is 10.9 Å². The summed E-state index contributed by atoms with van der Waals surface area (Å²) in [4.78, 5) is 47.5. The molecule has 1 aliphatic rings. The normalized spacial score (nSPS) is 19.2. The number of hydrogen-bond donors (Lipinski definition) is 3. The first-order valence-corrected chi connectivity index (χ1v) is 14.3. The molecule has 2 unspecified atom stereocenters. The lowest BCUT2D eigenvalue weighted by atomic mass is 9.60. The fourth-order valence-corrected chi connectivity index (χ4v) is 5.50. The van der Waals surface area contributed by atoms with Crippen LogP contribution < -0.4 is 16.7 Å². The highest BCUT2D eigenvalue weighted by atomic mass is 16.8. The molecule has 1 aliphatic heterocycles. The second-order valence-corrected chi connectivity index (χ2v) is 12.0. The molecule has 0 saturated carbocycles. The molecule has 1 fully saturated rings. The largest absolute Gasteiger partial charge is 0.350 e. The lowest BCUT2D eigenvalue weighted by molar-refractivity contribution is -0.204. The van der Waals surface area contributed by atoms with Crippen LogP contribution in [-0.4, -0.2) is 30.5 Å². The van der Waals surface area contributed by atoms with E-state index in [9.17, 15) is 14.4 Å². The maximum Gasteiger partial charge on any atom is 0.248 e. The van der Waals surface area contributed by atoms with Gasteiger partial charge in [0.25, 0.3) is 0 Å². The fraction of sp³-hybridized carbons (Fsp3) is 0.645. The maximum absolute atomic E-state index is 14.3. The SMILES string of the molecule is CC(C)CC(=O)C(/C=C/c1ccccc1)(CC(C)C)[C@@H](C(=O)NOC1CCCCO1)[C@@H](CC(C)C)C(=O)NN. The molecule has 1 aromatic carbocycles. The van der Waals surface area contributed by atoms with Crippen molar-refractivity contribution in [1.82, 2.24) is 10.9 Å². The number of carbonyl (C=O) groups is 3. The van der Waals surface area contributed by atoms with Crippen molar-refractivity contribution in [2.45, 2.75) is 86.4 Å². The Balaban J connectivity index is 2.71. The van der Waals surface area contributed by atoms with Crippen molar-refractivity contribution in [3.05, 3.63) is 42.0 Å². The minimum atomic E-state index is -1.28. The van der Waals surface area contributed by atoms with Gasteiger partial charge in [0.2, 0.25) is 11.8 Å². The number of rotatable bonds is 15. The summed E-state index contributed by atoms with van der Waals surface area (Å²) in [6.45, 7) is 12.5. The van der Waals surface area contributed by atoms with E-state index < -0.39 is 35.4 Å². The van der Waals surface area contributed by atoms with Gasteiger partial charge in [0.15, 0.2) is 6.29 Å². The highest BCUT2D eigenvalue weighted by Gasteiger charge is 2.52. The number of hydrazine groups is 1. The summed E-state index contributed by atoms with van der Waals surface area (Å²) in [6, 6.07) is 9.66. The first-order valence-electron chi connectivity index (χ1n) is 14.3. The molecule has 1 aromatic rings. The molecule has 0 aromatic heterocycles. The lowest BCUT2D eigenvalue weighted by Crippen LogP contribution is -2.54. The van der Waals surface area contributed by atoms with Crippen LogP contribution >= 0.6 is 0 Å². The molecule has 8 heteroatoms. The Kier molecular flexibility index (Phi) is 13.3. The van der Waals surface area contributed by atoms with Gasteiger partial charge in [0.1, 0.15) is 5.78 Å². The minimum Gasteiger partial charge on any atom is -0.350 e. The number of ether oxygens (including phenoxy) is 1. The van der Waals surface area contributed by atoms with Crippen molar-refractivity contribution in [3.63, 3.8) is 0 Å². The topological polar surface area (TPSA) is 120 Å². The molecule has 2 amide bonds. The second kappa shape index (κ2) is 15.9. The van der Waals surface area contributed by atoms with Crippen LogP contribution in [0.5, 0.6) is 0 Å². The molecule has 1 heterocycles. The number of benzene rings is 1. The number of carbonyl (C=O) groups excluding carboxylic acids is 3. The predicted molar refractivity (Wildman–Crippen MR) is 153 cm³/mol. The number of nitrogens with two attached hydrogens (primary N) is 1. The van der Waals surface area contributed by atoms with E-state index in [0.29, 0.717) is 25.9 Å². The van der Waals surface area contributed by atoms with Crippen LogP contribution in [0.15, 0.2) is 36.4 Å². The van der Waals surface area contributed by atoms with E-state index in [-0.39, 0.29) is 30.0 Å². The van der Waals surface area contributed by atoms with Gasteiger partial charge in [-0.15, -0.1) is 0 Å².